The van der Waals surface area contributed by atoms with Crippen molar-refractivity contribution in [2.45, 2.75) is 31.8 Å². The van der Waals surface area contributed by atoms with Crippen molar-refractivity contribution in [2.75, 3.05) is 13.1 Å². The zero-order valence-electron chi connectivity index (χ0n) is 8.97. The van der Waals surface area contributed by atoms with Gasteiger partial charge >= 0.3 is 0 Å². The average Bonchev–Trinajstić information content (AvgIpc) is 2.31. The van der Waals surface area contributed by atoms with Crippen molar-refractivity contribution in [1.82, 2.24) is 14.9 Å². The quantitative estimate of drug-likeness (QED) is 0.794. The Morgan fingerprint density at radius 3 is 3.07 bits per heavy atom. The van der Waals surface area contributed by atoms with Crippen molar-refractivity contribution in [2.24, 2.45) is 5.73 Å². The van der Waals surface area contributed by atoms with Crippen molar-refractivity contribution in [3.05, 3.63) is 24.3 Å². The Morgan fingerprint density at radius 1 is 1.40 bits per heavy atom. The van der Waals surface area contributed by atoms with E-state index in [4.69, 9.17) is 5.73 Å². The monoisotopic (exact) mass is 206 g/mol. The molecule has 1 aromatic rings. The molecule has 0 aromatic carbocycles. The molecule has 1 atom stereocenters. The van der Waals surface area contributed by atoms with Crippen molar-refractivity contribution in [3.8, 4) is 0 Å². The lowest BCUT2D eigenvalue weighted by atomic mass is 10.0. The lowest BCUT2D eigenvalue weighted by Gasteiger charge is -2.34. The van der Waals surface area contributed by atoms with Gasteiger partial charge in [-0.3, -0.25) is 14.9 Å². The van der Waals surface area contributed by atoms with E-state index >= 15 is 0 Å². The van der Waals surface area contributed by atoms with E-state index in [1.165, 1.54) is 19.3 Å². The number of hydrogen-bond donors (Lipinski definition) is 1. The van der Waals surface area contributed by atoms with Gasteiger partial charge < -0.3 is 5.73 Å². The summed E-state index contributed by atoms with van der Waals surface area (Å²) < 4.78 is 0. The van der Waals surface area contributed by atoms with Crippen LogP contribution in [0.4, 0.5) is 0 Å². The van der Waals surface area contributed by atoms with Gasteiger partial charge in [0, 0.05) is 37.7 Å². The second kappa shape index (κ2) is 5.19. The van der Waals surface area contributed by atoms with Gasteiger partial charge in [-0.05, 0) is 19.4 Å². The molecule has 0 bridgehead atoms. The van der Waals surface area contributed by atoms with Crippen LogP contribution in [-0.4, -0.2) is 34.0 Å². The number of piperidine rings is 1. The molecule has 0 spiro atoms. The highest BCUT2D eigenvalue weighted by Crippen LogP contribution is 2.17. The molecule has 2 rings (SSSR count). The Hall–Kier alpha value is -1.00. The van der Waals surface area contributed by atoms with E-state index in [-0.39, 0.29) is 0 Å². The minimum absolute atomic E-state index is 0.528. The molecule has 0 unspecified atom stereocenters. The zero-order valence-corrected chi connectivity index (χ0v) is 8.97. The van der Waals surface area contributed by atoms with Crippen LogP contribution in [0.25, 0.3) is 0 Å². The predicted molar refractivity (Wildman–Crippen MR) is 59.1 cm³/mol. The van der Waals surface area contributed by atoms with Crippen LogP contribution in [0, 0.1) is 0 Å². The topological polar surface area (TPSA) is 55.0 Å². The second-order valence-electron chi connectivity index (χ2n) is 4.05. The van der Waals surface area contributed by atoms with E-state index in [2.05, 4.69) is 14.9 Å². The second-order valence-corrected chi connectivity index (χ2v) is 4.05. The van der Waals surface area contributed by atoms with E-state index in [1.54, 1.807) is 12.4 Å². The minimum atomic E-state index is 0.528. The summed E-state index contributed by atoms with van der Waals surface area (Å²) in [6, 6.07) is 0.528. The van der Waals surface area contributed by atoms with Crippen molar-refractivity contribution in [3.63, 3.8) is 0 Å². The molecular weight excluding hydrogens is 188 g/mol. The molecule has 1 aliphatic rings. The third-order valence-corrected chi connectivity index (χ3v) is 3.00. The van der Waals surface area contributed by atoms with Crippen molar-refractivity contribution >= 4 is 0 Å². The molecule has 1 fully saturated rings. The normalized spacial score (nSPS) is 22.9. The van der Waals surface area contributed by atoms with Gasteiger partial charge in [-0.15, -0.1) is 0 Å². The van der Waals surface area contributed by atoms with Crippen molar-refractivity contribution in [1.29, 1.82) is 0 Å². The molecule has 2 heterocycles. The fraction of sp³-hybridized carbons (Fsp3) is 0.636. The fourth-order valence-corrected chi connectivity index (χ4v) is 2.15. The summed E-state index contributed by atoms with van der Waals surface area (Å²) in [6.45, 7) is 2.77. The predicted octanol–water partition coefficient (Wildman–Crippen LogP) is 0.790. The first kappa shape index (κ1) is 10.5. The summed E-state index contributed by atoms with van der Waals surface area (Å²) in [5.41, 5.74) is 6.81. The van der Waals surface area contributed by atoms with E-state index in [0.29, 0.717) is 6.04 Å². The van der Waals surface area contributed by atoms with Gasteiger partial charge in [0.1, 0.15) is 0 Å². The molecule has 0 saturated carbocycles. The van der Waals surface area contributed by atoms with Crippen LogP contribution in [0.15, 0.2) is 18.6 Å². The third kappa shape index (κ3) is 2.73. The molecule has 1 aromatic heterocycles. The summed E-state index contributed by atoms with van der Waals surface area (Å²) in [5.74, 6) is 0. The molecule has 0 aliphatic carbocycles. The van der Waals surface area contributed by atoms with Crippen LogP contribution < -0.4 is 5.73 Å². The lowest BCUT2D eigenvalue weighted by molar-refractivity contribution is 0.143. The Morgan fingerprint density at radius 2 is 2.33 bits per heavy atom. The van der Waals surface area contributed by atoms with Gasteiger partial charge in [-0.25, -0.2) is 0 Å². The summed E-state index contributed by atoms with van der Waals surface area (Å²) >= 11 is 0. The van der Waals surface area contributed by atoms with Gasteiger partial charge in [0.2, 0.25) is 0 Å². The number of aromatic nitrogens is 2. The van der Waals surface area contributed by atoms with Gasteiger partial charge in [0.25, 0.3) is 0 Å². The molecule has 4 nitrogen and oxygen atoms in total. The smallest absolute Gasteiger partial charge is 0.0726 e. The fourth-order valence-electron chi connectivity index (χ4n) is 2.15. The largest absolute Gasteiger partial charge is 0.329 e. The van der Waals surface area contributed by atoms with Crippen LogP contribution in [0.3, 0.4) is 0 Å². The Balaban J connectivity index is 1.97. The SMILES string of the molecule is NC[C@H]1CCCCN1Cc1cnccn1. The molecule has 1 aliphatic heterocycles. The Bertz CT molecular complexity index is 288. The van der Waals surface area contributed by atoms with Gasteiger partial charge in [-0.1, -0.05) is 6.42 Å². The first-order chi connectivity index (χ1) is 7.40. The lowest BCUT2D eigenvalue weighted by Crippen LogP contribution is -2.43. The first-order valence-electron chi connectivity index (χ1n) is 5.59. The van der Waals surface area contributed by atoms with Gasteiger partial charge in [0.05, 0.1) is 5.69 Å². The summed E-state index contributed by atoms with van der Waals surface area (Å²) in [7, 11) is 0. The Labute approximate surface area is 90.5 Å². The number of hydrogen-bond acceptors (Lipinski definition) is 4. The zero-order chi connectivity index (χ0) is 10.5. The van der Waals surface area contributed by atoms with Crippen molar-refractivity contribution < 1.29 is 0 Å². The Kier molecular flexibility index (Phi) is 3.64. The number of rotatable bonds is 3. The average molecular weight is 206 g/mol. The molecule has 0 radical (unpaired) electrons. The third-order valence-electron chi connectivity index (χ3n) is 3.00. The molecule has 2 N–H and O–H groups in total. The van der Waals surface area contributed by atoms with Crippen LogP contribution in [0.5, 0.6) is 0 Å². The first-order valence-corrected chi connectivity index (χ1v) is 5.59. The molecule has 1 saturated heterocycles. The van der Waals surface area contributed by atoms with Crippen LogP contribution >= 0.6 is 0 Å². The maximum atomic E-state index is 5.77. The molecule has 82 valence electrons. The van der Waals surface area contributed by atoms with Gasteiger partial charge in [-0.2, -0.15) is 0 Å². The highest BCUT2D eigenvalue weighted by atomic mass is 15.2. The molecular formula is C11H18N4. The van der Waals surface area contributed by atoms with Crippen LogP contribution in [0.1, 0.15) is 25.0 Å². The van der Waals surface area contributed by atoms with Gasteiger partial charge in [0.15, 0.2) is 0 Å². The maximum absolute atomic E-state index is 5.77. The van der Waals surface area contributed by atoms with E-state index in [1.807, 2.05) is 6.20 Å². The molecule has 0 amide bonds. The molecule has 15 heavy (non-hydrogen) atoms. The van der Waals surface area contributed by atoms with E-state index < -0.39 is 0 Å². The minimum Gasteiger partial charge on any atom is -0.329 e. The summed E-state index contributed by atoms with van der Waals surface area (Å²) in [5, 5.41) is 0. The highest BCUT2D eigenvalue weighted by Gasteiger charge is 2.21. The number of likely N-dealkylation sites (tertiary alicyclic amines) is 1. The summed E-state index contributed by atoms with van der Waals surface area (Å²) in [4.78, 5) is 10.8. The summed E-state index contributed by atoms with van der Waals surface area (Å²) in [6.07, 6.45) is 9.09. The number of nitrogens with two attached hydrogens (primary N) is 1. The standard InChI is InChI=1S/C11H18N4/c12-7-11-3-1-2-6-15(11)9-10-8-13-4-5-14-10/h4-5,8,11H,1-3,6-7,9,12H2/t11-/m1/s1. The van der Waals surface area contributed by atoms with E-state index in [0.717, 1.165) is 25.3 Å². The highest BCUT2D eigenvalue weighted by molar-refractivity contribution is 4.95. The van der Waals surface area contributed by atoms with Crippen LogP contribution in [-0.2, 0) is 6.54 Å². The maximum Gasteiger partial charge on any atom is 0.0726 e. The van der Waals surface area contributed by atoms with E-state index in [9.17, 15) is 0 Å². The van der Waals surface area contributed by atoms with Crippen LogP contribution in [0.2, 0.25) is 0 Å². The number of nitrogens with zero attached hydrogens (tertiary/aromatic N) is 3. The molecule has 4 heteroatoms.